The molecule has 2 N–H and O–H groups in total. The Balaban J connectivity index is 2.13. The lowest BCUT2D eigenvalue weighted by molar-refractivity contribution is -0.127. The van der Waals surface area contributed by atoms with Crippen LogP contribution in [0.3, 0.4) is 0 Å². The van der Waals surface area contributed by atoms with Gasteiger partial charge in [-0.2, -0.15) is 0 Å². The summed E-state index contributed by atoms with van der Waals surface area (Å²) >= 11 is 0. The van der Waals surface area contributed by atoms with E-state index < -0.39 is 11.2 Å². The molecule has 0 saturated heterocycles. The Bertz CT molecular complexity index is 489. The second kappa shape index (κ2) is 5.29. The Labute approximate surface area is 112 Å². The van der Waals surface area contributed by atoms with E-state index in [2.05, 4.69) is 0 Å². The minimum Gasteiger partial charge on any atom is -0.494 e. The molecule has 0 aliphatic heterocycles. The number of hydrogen-bond donors (Lipinski definition) is 1. The van der Waals surface area contributed by atoms with Gasteiger partial charge in [0.05, 0.1) is 7.11 Å². The first-order valence-electron chi connectivity index (χ1n) is 6.58. The van der Waals surface area contributed by atoms with E-state index in [1.165, 1.54) is 13.2 Å². The molecule has 1 aliphatic rings. The molecular weight excluding hydrogens is 245 g/mol. The molecule has 0 heterocycles. The van der Waals surface area contributed by atoms with E-state index in [-0.39, 0.29) is 24.0 Å². The molecule has 0 amide bonds. The summed E-state index contributed by atoms with van der Waals surface area (Å²) in [6, 6.07) is 4.56. The molecule has 1 aromatic rings. The summed E-state index contributed by atoms with van der Waals surface area (Å²) in [5, 5.41) is 0. The zero-order valence-corrected chi connectivity index (χ0v) is 11.4. The van der Waals surface area contributed by atoms with Crippen LogP contribution in [0.4, 0.5) is 4.39 Å². The number of carbonyl (C=O) groups excluding carboxylic acids is 1. The first-order valence-corrected chi connectivity index (χ1v) is 6.58. The highest BCUT2D eigenvalue weighted by Crippen LogP contribution is 2.38. The molecule has 0 radical (unpaired) electrons. The standard InChI is InChI=1S/C15H20FNO2/c1-15(7-3-4-13(15)17)14(18)9-10-5-6-12(19-2)11(16)8-10/h5-6,8,13H,3-4,7,9,17H2,1-2H3. The van der Waals surface area contributed by atoms with Crippen LogP contribution in [0.1, 0.15) is 31.7 Å². The van der Waals surface area contributed by atoms with Crippen LogP contribution in [-0.2, 0) is 11.2 Å². The van der Waals surface area contributed by atoms with E-state index in [0.717, 1.165) is 19.3 Å². The Hall–Kier alpha value is -1.42. The van der Waals surface area contributed by atoms with Crippen molar-refractivity contribution in [1.82, 2.24) is 0 Å². The molecule has 2 atom stereocenters. The van der Waals surface area contributed by atoms with Crippen LogP contribution in [0.2, 0.25) is 0 Å². The Morgan fingerprint density at radius 2 is 2.32 bits per heavy atom. The Morgan fingerprint density at radius 3 is 2.84 bits per heavy atom. The lowest BCUT2D eigenvalue weighted by Gasteiger charge is -2.27. The lowest BCUT2D eigenvalue weighted by Crippen LogP contribution is -2.41. The summed E-state index contributed by atoms with van der Waals surface area (Å²) in [5.41, 5.74) is 6.24. The maximum Gasteiger partial charge on any atom is 0.165 e. The quantitative estimate of drug-likeness (QED) is 0.909. The maximum absolute atomic E-state index is 13.6. The second-order valence-electron chi connectivity index (χ2n) is 5.49. The third-order valence-electron chi connectivity index (χ3n) is 4.25. The fraction of sp³-hybridized carbons (Fsp3) is 0.533. The van der Waals surface area contributed by atoms with Gasteiger partial charge in [-0.05, 0) is 30.5 Å². The molecule has 3 nitrogen and oxygen atoms in total. The van der Waals surface area contributed by atoms with Crippen molar-refractivity contribution < 1.29 is 13.9 Å². The molecule has 104 valence electrons. The Kier molecular flexibility index (Phi) is 3.90. The molecule has 2 rings (SSSR count). The number of benzene rings is 1. The van der Waals surface area contributed by atoms with Crippen molar-refractivity contribution in [2.24, 2.45) is 11.1 Å². The number of carbonyl (C=O) groups is 1. The minimum atomic E-state index is -0.462. The molecule has 4 heteroatoms. The van der Waals surface area contributed by atoms with Crippen molar-refractivity contribution in [2.45, 2.75) is 38.6 Å². The maximum atomic E-state index is 13.6. The van der Waals surface area contributed by atoms with Gasteiger partial charge in [-0.1, -0.05) is 19.4 Å². The van der Waals surface area contributed by atoms with Crippen molar-refractivity contribution in [3.05, 3.63) is 29.6 Å². The molecular formula is C15H20FNO2. The molecule has 0 bridgehead atoms. The van der Waals surface area contributed by atoms with Gasteiger partial charge in [0.2, 0.25) is 0 Å². The number of hydrogen-bond acceptors (Lipinski definition) is 3. The zero-order valence-electron chi connectivity index (χ0n) is 11.4. The molecule has 0 spiro atoms. The van der Waals surface area contributed by atoms with Crippen LogP contribution in [0.15, 0.2) is 18.2 Å². The minimum absolute atomic E-state index is 0.0805. The van der Waals surface area contributed by atoms with Gasteiger partial charge < -0.3 is 10.5 Å². The van der Waals surface area contributed by atoms with Crippen LogP contribution in [-0.4, -0.2) is 18.9 Å². The highest BCUT2D eigenvalue weighted by Gasteiger charge is 2.42. The van der Waals surface area contributed by atoms with Gasteiger partial charge >= 0.3 is 0 Å². The molecule has 19 heavy (non-hydrogen) atoms. The number of methoxy groups -OCH3 is 1. The van der Waals surface area contributed by atoms with Crippen LogP contribution in [0, 0.1) is 11.2 Å². The monoisotopic (exact) mass is 265 g/mol. The van der Waals surface area contributed by atoms with E-state index in [1.54, 1.807) is 12.1 Å². The second-order valence-corrected chi connectivity index (χ2v) is 5.49. The summed E-state index contributed by atoms with van der Waals surface area (Å²) < 4.78 is 18.5. The topological polar surface area (TPSA) is 52.3 Å². The van der Waals surface area contributed by atoms with E-state index in [0.29, 0.717) is 5.56 Å². The van der Waals surface area contributed by atoms with E-state index >= 15 is 0 Å². The molecule has 0 aromatic heterocycles. The van der Waals surface area contributed by atoms with Crippen LogP contribution >= 0.6 is 0 Å². The van der Waals surface area contributed by atoms with Gasteiger partial charge in [-0.15, -0.1) is 0 Å². The van der Waals surface area contributed by atoms with Gasteiger partial charge in [-0.3, -0.25) is 4.79 Å². The van der Waals surface area contributed by atoms with Gasteiger partial charge in [0.15, 0.2) is 11.6 Å². The number of nitrogens with two attached hydrogens (primary N) is 1. The highest BCUT2D eigenvalue weighted by molar-refractivity contribution is 5.87. The molecule has 1 aliphatic carbocycles. The average molecular weight is 265 g/mol. The number of Topliss-reactive ketones (excluding diaryl/α,β-unsaturated/α-hetero) is 1. The Morgan fingerprint density at radius 1 is 1.58 bits per heavy atom. The van der Waals surface area contributed by atoms with Crippen LogP contribution in [0.5, 0.6) is 5.75 Å². The number of rotatable bonds is 4. The number of ether oxygens (including phenoxy) is 1. The van der Waals surface area contributed by atoms with E-state index in [9.17, 15) is 9.18 Å². The van der Waals surface area contributed by atoms with E-state index in [4.69, 9.17) is 10.5 Å². The number of halogens is 1. The van der Waals surface area contributed by atoms with Gasteiger partial charge in [-0.25, -0.2) is 4.39 Å². The summed E-state index contributed by atoms with van der Waals surface area (Å²) in [7, 11) is 1.42. The summed E-state index contributed by atoms with van der Waals surface area (Å²) in [4.78, 5) is 12.4. The van der Waals surface area contributed by atoms with Gasteiger partial charge in [0, 0.05) is 17.9 Å². The first-order chi connectivity index (χ1) is 8.97. The van der Waals surface area contributed by atoms with Crippen molar-refractivity contribution in [3.8, 4) is 5.75 Å². The summed E-state index contributed by atoms with van der Waals surface area (Å²) in [6.07, 6.45) is 2.93. The van der Waals surface area contributed by atoms with Crippen LogP contribution < -0.4 is 10.5 Å². The third kappa shape index (κ3) is 2.63. The van der Waals surface area contributed by atoms with E-state index in [1.807, 2.05) is 6.92 Å². The zero-order chi connectivity index (χ0) is 14.0. The molecule has 1 fully saturated rings. The first kappa shape index (κ1) is 14.0. The van der Waals surface area contributed by atoms with Crippen molar-refractivity contribution in [1.29, 1.82) is 0 Å². The lowest BCUT2D eigenvalue weighted by atomic mass is 9.78. The highest BCUT2D eigenvalue weighted by atomic mass is 19.1. The van der Waals surface area contributed by atoms with Gasteiger partial charge in [0.25, 0.3) is 0 Å². The SMILES string of the molecule is COc1ccc(CC(=O)C2(C)CCCC2N)cc1F. The summed E-state index contributed by atoms with van der Waals surface area (Å²) in [6.45, 7) is 1.92. The molecule has 1 saturated carbocycles. The third-order valence-corrected chi connectivity index (χ3v) is 4.25. The van der Waals surface area contributed by atoms with Crippen LogP contribution in [0.25, 0.3) is 0 Å². The average Bonchev–Trinajstić information content (AvgIpc) is 2.71. The fourth-order valence-electron chi connectivity index (χ4n) is 2.75. The molecule has 2 unspecified atom stereocenters. The van der Waals surface area contributed by atoms with Crippen molar-refractivity contribution >= 4 is 5.78 Å². The fourth-order valence-corrected chi connectivity index (χ4v) is 2.75. The molecule has 1 aromatic carbocycles. The van der Waals surface area contributed by atoms with Crippen molar-refractivity contribution in [3.63, 3.8) is 0 Å². The van der Waals surface area contributed by atoms with Crippen molar-refractivity contribution in [2.75, 3.05) is 7.11 Å². The summed E-state index contributed by atoms with van der Waals surface area (Å²) in [5.74, 6) is -0.143. The normalized spacial score (nSPS) is 26.4. The predicted molar refractivity (Wildman–Crippen MR) is 71.6 cm³/mol. The predicted octanol–water partition coefficient (Wildman–Crippen LogP) is 2.46. The largest absolute Gasteiger partial charge is 0.494 e. The van der Waals surface area contributed by atoms with Gasteiger partial charge in [0.1, 0.15) is 5.78 Å². The number of ketones is 1. The smallest absolute Gasteiger partial charge is 0.165 e.